The van der Waals surface area contributed by atoms with Crippen LogP contribution in [0.4, 0.5) is 0 Å². The van der Waals surface area contributed by atoms with Crippen LogP contribution in [0.1, 0.15) is 41.6 Å². The maximum absolute atomic E-state index is 12.8. The van der Waals surface area contributed by atoms with Crippen LogP contribution in [-0.2, 0) is 14.8 Å². The molecule has 2 aromatic carbocycles. The monoisotopic (exact) mass is 417 g/mol. The van der Waals surface area contributed by atoms with Crippen LogP contribution < -0.4 is 4.74 Å². The summed E-state index contributed by atoms with van der Waals surface area (Å²) in [4.78, 5) is 12.4. The maximum Gasteiger partial charge on any atom is 0.338 e. The molecular formula is C22H27NO5S. The standard InChI is InChI=1S/C22H27NO5S/c1-18-6-10-20(11-7-18)27-16-17-28-22(24)19-8-12-21(13-9-19)29(25,26)23-14-4-2-3-5-15-23/h6-13H,2-5,14-17H2,1H3. The summed E-state index contributed by atoms with van der Waals surface area (Å²) >= 11 is 0. The van der Waals surface area contributed by atoms with E-state index >= 15 is 0 Å². The Hall–Kier alpha value is -2.38. The molecule has 0 spiro atoms. The molecule has 0 aromatic heterocycles. The van der Waals surface area contributed by atoms with Gasteiger partial charge in [0.1, 0.15) is 19.0 Å². The molecular weight excluding hydrogens is 390 g/mol. The Balaban J connectivity index is 1.52. The summed E-state index contributed by atoms with van der Waals surface area (Å²) in [6, 6.07) is 13.5. The average Bonchev–Trinajstić information content (AvgIpc) is 3.03. The van der Waals surface area contributed by atoms with Gasteiger partial charge in [0.15, 0.2) is 0 Å². The van der Waals surface area contributed by atoms with Crippen molar-refractivity contribution in [3.05, 3.63) is 59.7 Å². The first-order valence-electron chi connectivity index (χ1n) is 9.93. The highest BCUT2D eigenvalue weighted by Gasteiger charge is 2.25. The van der Waals surface area contributed by atoms with E-state index in [4.69, 9.17) is 9.47 Å². The normalized spacial score (nSPS) is 15.5. The number of ether oxygens (including phenoxy) is 2. The van der Waals surface area contributed by atoms with Crippen LogP contribution in [0.25, 0.3) is 0 Å². The molecule has 0 aliphatic carbocycles. The average molecular weight is 418 g/mol. The second kappa shape index (κ2) is 9.89. The van der Waals surface area contributed by atoms with Crippen LogP contribution in [0, 0.1) is 6.92 Å². The third-order valence-corrected chi connectivity index (χ3v) is 6.81. The maximum atomic E-state index is 12.8. The van der Waals surface area contributed by atoms with Crippen molar-refractivity contribution in [3.8, 4) is 5.75 Å². The Morgan fingerprint density at radius 3 is 2.14 bits per heavy atom. The number of hydrogen-bond acceptors (Lipinski definition) is 5. The van der Waals surface area contributed by atoms with E-state index in [9.17, 15) is 13.2 Å². The fourth-order valence-corrected chi connectivity index (χ4v) is 4.72. The molecule has 1 saturated heterocycles. The van der Waals surface area contributed by atoms with Crippen molar-refractivity contribution >= 4 is 16.0 Å². The Labute approximate surface area is 172 Å². The second-order valence-electron chi connectivity index (χ2n) is 7.14. The van der Waals surface area contributed by atoms with E-state index in [1.54, 1.807) is 0 Å². The molecule has 0 N–H and O–H groups in total. The van der Waals surface area contributed by atoms with Crippen molar-refractivity contribution in [3.63, 3.8) is 0 Å². The lowest BCUT2D eigenvalue weighted by Gasteiger charge is -2.20. The molecule has 3 rings (SSSR count). The smallest absolute Gasteiger partial charge is 0.338 e. The number of benzene rings is 2. The zero-order chi connectivity index (χ0) is 20.7. The molecule has 1 heterocycles. The molecule has 0 radical (unpaired) electrons. The van der Waals surface area contributed by atoms with E-state index in [0.717, 1.165) is 37.0 Å². The van der Waals surface area contributed by atoms with Crippen molar-refractivity contribution in [1.82, 2.24) is 4.31 Å². The predicted molar refractivity (Wildman–Crippen MR) is 111 cm³/mol. The van der Waals surface area contributed by atoms with Crippen LogP contribution in [-0.4, -0.2) is 45.0 Å². The van der Waals surface area contributed by atoms with Gasteiger partial charge in [-0.25, -0.2) is 13.2 Å². The van der Waals surface area contributed by atoms with Crippen molar-refractivity contribution in [1.29, 1.82) is 0 Å². The third-order valence-electron chi connectivity index (χ3n) is 4.90. The molecule has 2 aromatic rings. The van der Waals surface area contributed by atoms with Gasteiger partial charge < -0.3 is 9.47 Å². The third kappa shape index (κ3) is 5.81. The summed E-state index contributed by atoms with van der Waals surface area (Å²) in [5.41, 5.74) is 1.46. The van der Waals surface area contributed by atoms with E-state index in [0.29, 0.717) is 18.7 Å². The number of carbonyl (C=O) groups is 1. The van der Waals surface area contributed by atoms with Gasteiger partial charge in [0.05, 0.1) is 10.5 Å². The largest absolute Gasteiger partial charge is 0.490 e. The molecule has 0 unspecified atom stereocenters. The quantitative estimate of drug-likeness (QED) is 0.506. The summed E-state index contributed by atoms with van der Waals surface area (Å²) in [5.74, 6) is 0.214. The number of hydrogen-bond donors (Lipinski definition) is 0. The lowest BCUT2D eigenvalue weighted by Crippen LogP contribution is -2.31. The van der Waals surface area contributed by atoms with E-state index in [-0.39, 0.29) is 18.1 Å². The zero-order valence-electron chi connectivity index (χ0n) is 16.7. The second-order valence-corrected chi connectivity index (χ2v) is 9.08. The first-order chi connectivity index (χ1) is 14.0. The van der Waals surface area contributed by atoms with Crippen molar-refractivity contribution in [2.75, 3.05) is 26.3 Å². The number of esters is 1. The fourth-order valence-electron chi connectivity index (χ4n) is 3.21. The molecule has 1 aliphatic rings. The molecule has 1 fully saturated rings. The SMILES string of the molecule is Cc1ccc(OCCOC(=O)c2ccc(S(=O)(=O)N3CCCCCC3)cc2)cc1. The molecule has 156 valence electrons. The molecule has 0 bridgehead atoms. The van der Waals surface area contributed by atoms with E-state index in [2.05, 4.69) is 0 Å². The molecule has 0 saturated carbocycles. The fraction of sp³-hybridized carbons (Fsp3) is 0.409. The summed E-state index contributed by atoms with van der Waals surface area (Å²) in [6.07, 6.45) is 3.89. The summed E-state index contributed by atoms with van der Waals surface area (Å²) < 4.78 is 37.8. The minimum atomic E-state index is -3.52. The Morgan fingerprint density at radius 2 is 1.52 bits per heavy atom. The Kier molecular flexibility index (Phi) is 7.28. The minimum Gasteiger partial charge on any atom is -0.490 e. The molecule has 0 amide bonds. The van der Waals surface area contributed by atoms with E-state index in [1.807, 2.05) is 31.2 Å². The highest BCUT2D eigenvalue weighted by Crippen LogP contribution is 2.21. The van der Waals surface area contributed by atoms with Gasteiger partial charge in [-0.1, -0.05) is 30.5 Å². The number of nitrogens with zero attached hydrogens (tertiary/aromatic N) is 1. The molecule has 6 nitrogen and oxygen atoms in total. The Morgan fingerprint density at radius 1 is 0.897 bits per heavy atom. The summed E-state index contributed by atoms with van der Waals surface area (Å²) in [7, 11) is -3.52. The number of sulfonamides is 1. The number of carbonyl (C=O) groups excluding carboxylic acids is 1. The zero-order valence-corrected chi connectivity index (χ0v) is 17.5. The van der Waals surface area contributed by atoms with Crippen molar-refractivity contribution in [2.45, 2.75) is 37.5 Å². The predicted octanol–water partition coefficient (Wildman–Crippen LogP) is 3.80. The van der Waals surface area contributed by atoms with Gasteiger partial charge in [0.25, 0.3) is 0 Å². The van der Waals surface area contributed by atoms with Gasteiger partial charge in [0.2, 0.25) is 10.0 Å². The van der Waals surface area contributed by atoms with Gasteiger partial charge in [-0.2, -0.15) is 4.31 Å². The topological polar surface area (TPSA) is 72.9 Å². The first kappa shape index (κ1) is 21.3. The van der Waals surface area contributed by atoms with Crippen LogP contribution >= 0.6 is 0 Å². The lowest BCUT2D eigenvalue weighted by molar-refractivity contribution is 0.0450. The van der Waals surface area contributed by atoms with Crippen molar-refractivity contribution in [2.24, 2.45) is 0 Å². The van der Waals surface area contributed by atoms with Gasteiger partial charge in [-0.05, 0) is 56.2 Å². The minimum absolute atomic E-state index is 0.112. The highest BCUT2D eigenvalue weighted by molar-refractivity contribution is 7.89. The van der Waals surface area contributed by atoms with Gasteiger partial charge >= 0.3 is 5.97 Å². The first-order valence-corrected chi connectivity index (χ1v) is 11.4. The lowest BCUT2D eigenvalue weighted by atomic mass is 10.2. The van der Waals surface area contributed by atoms with Crippen molar-refractivity contribution < 1.29 is 22.7 Å². The van der Waals surface area contributed by atoms with Crippen LogP contribution in [0.3, 0.4) is 0 Å². The molecule has 29 heavy (non-hydrogen) atoms. The molecule has 7 heteroatoms. The number of rotatable bonds is 7. The highest BCUT2D eigenvalue weighted by atomic mass is 32.2. The van der Waals surface area contributed by atoms with Gasteiger partial charge in [0, 0.05) is 13.1 Å². The summed E-state index contributed by atoms with van der Waals surface area (Å²) in [5, 5.41) is 0. The molecule has 0 atom stereocenters. The van der Waals surface area contributed by atoms with Gasteiger partial charge in [-0.3, -0.25) is 0 Å². The van der Waals surface area contributed by atoms with E-state index in [1.165, 1.54) is 28.6 Å². The van der Waals surface area contributed by atoms with Crippen LogP contribution in [0.2, 0.25) is 0 Å². The summed E-state index contributed by atoms with van der Waals surface area (Å²) in [6.45, 7) is 3.45. The number of aryl methyl sites for hydroxylation is 1. The van der Waals surface area contributed by atoms with Crippen LogP contribution in [0.5, 0.6) is 5.75 Å². The van der Waals surface area contributed by atoms with Crippen LogP contribution in [0.15, 0.2) is 53.4 Å². The van der Waals surface area contributed by atoms with Gasteiger partial charge in [-0.15, -0.1) is 0 Å². The Bertz CT molecular complexity index is 899. The van der Waals surface area contributed by atoms with E-state index < -0.39 is 16.0 Å². The molecule has 1 aliphatic heterocycles.